The Kier molecular flexibility index (Phi) is 8.66. The monoisotopic (exact) mass is 581 g/mol. The Morgan fingerprint density at radius 2 is 1.95 bits per heavy atom. The van der Waals surface area contributed by atoms with E-state index in [0.717, 1.165) is 11.8 Å². The number of carbonyl (C=O) groups excluding carboxylic acids is 1. The Balaban J connectivity index is 1.25. The molecule has 0 aliphatic rings. The van der Waals surface area contributed by atoms with Crippen molar-refractivity contribution in [3.05, 3.63) is 85.4 Å². The molecule has 0 saturated carbocycles. The number of non-ortho nitro benzene ring substituents is 1. The third kappa shape index (κ3) is 7.23. The fraction of sp³-hybridized carbons (Fsp3) is 0.0909. The molecule has 2 aromatic carbocycles. The number of thioether (sulfide) groups is 1. The molecular weight excluding hydrogens is 569 g/mol. The van der Waals surface area contributed by atoms with Crippen LogP contribution in [-0.2, 0) is 11.4 Å². The Labute approximate surface area is 227 Å². The maximum absolute atomic E-state index is 12.1. The van der Waals surface area contributed by atoms with Crippen molar-refractivity contribution in [3.63, 3.8) is 0 Å². The van der Waals surface area contributed by atoms with E-state index in [1.165, 1.54) is 24.4 Å². The zero-order chi connectivity index (χ0) is 26.4. The molecule has 0 spiro atoms. The molecule has 11 nitrogen and oxygen atoms in total. The van der Waals surface area contributed by atoms with Gasteiger partial charge in [0.25, 0.3) is 22.7 Å². The highest BCUT2D eigenvalue weighted by Gasteiger charge is 2.14. The maximum atomic E-state index is 12.1. The Bertz CT molecular complexity index is 1470. The van der Waals surface area contributed by atoms with Crippen molar-refractivity contribution in [1.82, 2.24) is 15.6 Å². The van der Waals surface area contributed by atoms with Gasteiger partial charge in [-0.2, -0.15) is 5.10 Å². The summed E-state index contributed by atoms with van der Waals surface area (Å²) in [4.78, 5) is 22.5. The number of nitrogens with zero attached hydrogens (tertiary/aromatic N) is 4. The lowest BCUT2D eigenvalue weighted by molar-refractivity contribution is -0.384. The number of hydrogen-bond acceptors (Lipinski definition) is 10. The zero-order valence-electron chi connectivity index (χ0n) is 18.4. The minimum absolute atomic E-state index is 0.0158. The Morgan fingerprint density at radius 1 is 1.11 bits per heavy atom. The van der Waals surface area contributed by atoms with E-state index in [2.05, 4.69) is 20.7 Å². The van der Waals surface area contributed by atoms with Crippen LogP contribution in [0, 0.1) is 10.1 Å². The molecule has 0 aliphatic carbocycles. The molecule has 0 saturated heterocycles. The van der Waals surface area contributed by atoms with Gasteiger partial charge in [-0.25, -0.2) is 5.43 Å². The molecule has 4 rings (SSSR count). The van der Waals surface area contributed by atoms with E-state index in [9.17, 15) is 14.9 Å². The van der Waals surface area contributed by atoms with Gasteiger partial charge in [-0.3, -0.25) is 14.9 Å². The fourth-order valence-corrected chi connectivity index (χ4v) is 4.04. The molecule has 190 valence electrons. The van der Waals surface area contributed by atoms with Gasteiger partial charge in [0.2, 0.25) is 0 Å². The number of ether oxygens (including phenoxy) is 1. The van der Waals surface area contributed by atoms with Crippen molar-refractivity contribution in [2.24, 2.45) is 5.10 Å². The van der Waals surface area contributed by atoms with E-state index in [-0.39, 0.29) is 29.2 Å². The van der Waals surface area contributed by atoms with Crippen LogP contribution in [0.25, 0.3) is 11.3 Å². The Hall–Kier alpha value is -3.58. The molecule has 0 bridgehead atoms. The lowest BCUT2D eigenvalue weighted by Crippen LogP contribution is -2.19. The number of carbonyl (C=O) groups is 1. The normalized spacial score (nSPS) is 11.1. The fourth-order valence-electron chi connectivity index (χ4n) is 2.80. The predicted octanol–water partition coefficient (Wildman–Crippen LogP) is 6.02. The number of nitrogens with one attached hydrogen (secondary N) is 1. The molecule has 1 N–H and O–H groups in total. The van der Waals surface area contributed by atoms with Crippen molar-refractivity contribution in [1.29, 1.82) is 0 Å². The van der Waals surface area contributed by atoms with Gasteiger partial charge in [0.05, 0.1) is 26.9 Å². The van der Waals surface area contributed by atoms with E-state index in [1.54, 1.807) is 30.3 Å². The van der Waals surface area contributed by atoms with Crippen LogP contribution in [0.1, 0.15) is 11.7 Å². The average Bonchev–Trinajstić information content (AvgIpc) is 3.52. The summed E-state index contributed by atoms with van der Waals surface area (Å²) in [6, 6.07) is 12.0. The zero-order valence-corrected chi connectivity index (χ0v) is 21.5. The predicted molar refractivity (Wildman–Crippen MR) is 137 cm³/mol. The Morgan fingerprint density at radius 3 is 2.73 bits per heavy atom. The van der Waals surface area contributed by atoms with Crippen LogP contribution >= 0.6 is 46.6 Å². The highest BCUT2D eigenvalue weighted by molar-refractivity contribution is 7.99. The third-order valence-corrected chi connectivity index (χ3v) is 6.13. The minimum atomic E-state index is -0.529. The van der Waals surface area contributed by atoms with Crippen LogP contribution in [0.5, 0.6) is 5.75 Å². The molecule has 2 aromatic heterocycles. The molecule has 0 unspecified atom stereocenters. The minimum Gasteiger partial charge on any atom is -0.482 e. The van der Waals surface area contributed by atoms with Gasteiger partial charge in [-0.05, 0) is 36.4 Å². The first-order chi connectivity index (χ1) is 17.8. The average molecular weight is 583 g/mol. The lowest BCUT2D eigenvalue weighted by atomic mass is 10.1. The van der Waals surface area contributed by atoms with Crippen molar-refractivity contribution < 1.29 is 23.3 Å². The number of aromatic nitrogens is 2. The number of hydrogen-bond donors (Lipinski definition) is 1. The SMILES string of the molecule is O=C(CSc1nnc(COc2ccc(Cl)cc2Cl)o1)N/N=C\c1ccc(-c2cc([N+](=O)[O-])ccc2Cl)o1. The second kappa shape index (κ2) is 12.1. The standard InChI is InChI=1S/C22H14Cl3N5O6S/c23-12-1-5-19(17(25)7-12)34-10-21-28-29-22(36-21)37-11-20(31)27-26-9-14-3-6-18(35-14)15-8-13(30(32)33)2-4-16(15)24/h1-9H,10-11H2,(H,27,31)/b26-9-. The molecule has 0 atom stereocenters. The number of nitro benzene ring substituents is 1. The first-order valence-corrected chi connectivity index (χ1v) is 12.3. The quantitative estimate of drug-likeness (QED) is 0.103. The van der Waals surface area contributed by atoms with Gasteiger partial charge in [0.15, 0.2) is 6.61 Å². The molecular formula is C22H14Cl3N5O6S. The lowest BCUT2D eigenvalue weighted by Gasteiger charge is -2.05. The molecule has 0 aliphatic heterocycles. The number of furan rings is 1. The number of rotatable bonds is 10. The topological polar surface area (TPSA) is 146 Å². The van der Waals surface area contributed by atoms with Crippen molar-refractivity contribution in [2.45, 2.75) is 11.8 Å². The number of benzene rings is 2. The first-order valence-electron chi connectivity index (χ1n) is 10.2. The molecule has 37 heavy (non-hydrogen) atoms. The van der Waals surface area contributed by atoms with Gasteiger partial charge in [0.1, 0.15) is 17.3 Å². The summed E-state index contributed by atoms with van der Waals surface area (Å²) >= 11 is 19.0. The highest BCUT2D eigenvalue weighted by atomic mass is 35.5. The van der Waals surface area contributed by atoms with Crippen molar-refractivity contribution >= 4 is 64.4 Å². The van der Waals surface area contributed by atoms with Crippen LogP contribution in [-0.4, -0.2) is 33.0 Å². The van der Waals surface area contributed by atoms with Crippen molar-refractivity contribution in [2.75, 3.05) is 5.75 Å². The number of nitro groups is 1. The summed E-state index contributed by atoms with van der Waals surface area (Å²) in [6.45, 7) is -0.0158. The third-order valence-electron chi connectivity index (χ3n) is 4.45. The highest BCUT2D eigenvalue weighted by Crippen LogP contribution is 2.32. The second-order valence-corrected chi connectivity index (χ2v) is 9.21. The van der Waals surface area contributed by atoms with Crippen LogP contribution in [0.3, 0.4) is 0 Å². The second-order valence-electron chi connectivity index (χ2n) is 7.03. The van der Waals surface area contributed by atoms with Crippen LogP contribution in [0.4, 0.5) is 5.69 Å². The number of amides is 1. The molecule has 2 heterocycles. The summed E-state index contributed by atoms with van der Waals surface area (Å²) in [5, 5.41) is 23.8. The van der Waals surface area contributed by atoms with Gasteiger partial charge in [-0.1, -0.05) is 46.6 Å². The summed E-state index contributed by atoms with van der Waals surface area (Å²) in [6.07, 6.45) is 1.28. The molecule has 1 amide bonds. The summed E-state index contributed by atoms with van der Waals surface area (Å²) in [5.41, 5.74) is 2.58. The van der Waals surface area contributed by atoms with Crippen LogP contribution in [0.2, 0.25) is 15.1 Å². The van der Waals surface area contributed by atoms with Gasteiger partial charge in [0, 0.05) is 22.7 Å². The van der Waals surface area contributed by atoms with Crippen molar-refractivity contribution in [3.8, 4) is 17.1 Å². The molecule has 0 fully saturated rings. The molecule has 4 aromatic rings. The summed E-state index contributed by atoms with van der Waals surface area (Å²) in [5.74, 6) is 0.741. The van der Waals surface area contributed by atoms with E-state index < -0.39 is 10.8 Å². The summed E-state index contributed by atoms with van der Waals surface area (Å²) < 4.78 is 16.5. The maximum Gasteiger partial charge on any atom is 0.277 e. The van der Waals surface area contributed by atoms with E-state index in [4.69, 9.17) is 48.4 Å². The van der Waals surface area contributed by atoms with E-state index in [1.807, 2.05) is 0 Å². The smallest absolute Gasteiger partial charge is 0.277 e. The molecule has 15 heteroatoms. The van der Waals surface area contributed by atoms with Gasteiger partial charge < -0.3 is 13.6 Å². The summed E-state index contributed by atoms with van der Waals surface area (Å²) in [7, 11) is 0. The van der Waals surface area contributed by atoms with Gasteiger partial charge >= 0.3 is 0 Å². The number of hydrazone groups is 1. The van der Waals surface area contributed by atoms with Crippen LogP contribution in [0.15, 0.2) is 67.7 Å². The first kappa shape index (κ1) is 26.5. The van der Waals surface area contributed by atoms with Gasteiger partial charge in [-0.15, -0.1) is 10.2 Å². The largest absolute Gasteiger partial charge is 0.482 e. The number of halogens is 3. The van der Waals surface area contributed by atoms with Crippen LogP contribution < -0.4 is 10.2 Å². The van der Waals surface area contributed by atoms with E-state index >= 15 is 0 Å². The van der Waals surface area contributed by atoms with E-state index in [0.29, 0.717) is 37.9 Å². The molecule has 0 radical (unpaired) electrons.